The van der Waals surface area contributed by atoms with E-state index in [2.05, 4.69) is 22.2 Å². The molecular weight excluding hydrogens is 326 g/mol. The van der Waals surface area contributed by atoms with Crippen molar-refractivity contribution in [3.63, 3.8) is 0 Å². The summed E-state index contributed by atoms with van der Waals surface area (Å²) in [5, 5.41) is 22.8. The predicted octanol–water partition coefficient (Wildman–Crippen LogP) is 3.04. The molecule has 0 atom stereocenters. The van der Waals surface area contributed by atoms with Gasteiger partial charge in [0.1, 0.15) is 12.7 Å². The van der Waals surface area contributed by atoms with Gasteiger partial charge in [-0.15, -0.1) is 10.2 Å². The molecule has 0 bridgehead atoms. The van der Waals surface area contributed by atoms with E-state index in [0.717, 1.165) is 25.7 Å². The number of hydrogen-bond acceptors (Lipinski definition) is 7. The van der Waals surface area contributed by atoms with Crippen LogP contribution in [0, 0.1) is 10.1 Å². The van der Waals surface area contributed by atoms with Gasteiger partial charge in [0, 0.05) is 11.6 Å². The zero-order valence-corrected chi connectivity index (χ0v) is 14.3. The van der Waals surface area contributed by atoms with Gasteiger partial charge in [0.25, 0.3) is 0 Å². The van der Waals surface area contributed by atoms with Crippen LogP contribution in [-0.2, 0) is 0 Å². The minimum absolute atomic E-state index is 0.144. The molecule has 0 saturated carbocycles. The molecule has 0 radical (unpaired) electrons. The van der Waals surface area contributed by atoms with Crippen LogP contribution in [0.4, 0.5) is 5.69 Å². The fourth-order valence-corrected chi connectivity index (χ4v) is 2.21. The summed E-state index contributed by atoms with van der Waals surface area (Å²) in [6.45, 7) is 2.53. The Balaban J connectivity index is 2.21. The maximum Gasteiger partial charge on any atom is 0.315 e. The highest BCUT2D eigenvalue weighted by Crippen LogP contribution is 2.38. The first-order chi connectivity index (χ1) is 12.2. The van der Waals surface area contributed by atoms with Crippen molar-refractivity contribution in [1.82, 2.24) is 14.9 Å². The summed E-state index contributed by atoms with van der Waals surface area (Å²) >= 11 is 0. The maximum atomic E-state index is 11.4. The van der Waals surface area contributed by atoms with Gasteiger partial charge in [-0.2, -0.15) is 5.10 Å². The lowest BCUT2D eigenvalue weighted by molar-refractivity contribution is -0.386. The van der Waals surface area contributed by atoms with Crippen molar-refractivity contribution in [3.05, 3.63) is 40.5 Å². The maximum absolute atomic E-state index is 11.4. The van der Waals surface area contributed by atoms with Crippen LogP contribution in [0.25, 0.3) is 0 Å². The predicted molar refractivity (Wildman–Crippen MR) is 92.3 cm³/mol. The molecule has 1 aromatic heterocycles. The van der Waals surface area contributed by atoms with Gasteiger partial charge < -0.3 is 9.47 Å². The molecule has 9 heteroatoms. The van der Waals surface area contributed by atoms with Crippen molar-refractivity contribution in [2.75, 3.05) is 13.7 Å². The van der Waals surface area contributed by atoms with Gasteiger partial charge in [-0.25, -0.2) is 4.68 Å². The van der Waals surface area contributed by atoms with Crippen LogP contribution in [-0.4, -0.2) is 39.7 Å². The first kappa shape index (κ1) is 18.4. The zero-order chi connectivity index (χ0) is 18.1. The quantitative estimate of drug-likeness (QED) is 0.283. The van der Waals surface area contributed by atoms with Crippen LogP contribution in [0.3, 0.4) is 0 Å². The van der Waals surface area contributed by atoms with Crippen molar-refractivity contribution < 1.29 is 14.4 Å². The minimum atomic E-state index is -0.486. The van der Waals surface area contributed by atoms with E-state index in [9.17, 15) is 10.1 Å². The highest BCUT2D eigenvalue weighted by molar-refractivity contribution is 5.83. The van der Waals surface area contributed by atoms with E-state index in [-0.39, 0.29) is 11.4 Å². The zero-order valence-electron chi connectivity index (χ0n) is 14.3. The third-order valence-electron chi connectivity index (χ3n) is 3.47. The lowest BCUT2D eigenvalue weighted by atomic mass is 10.1. The van der Waals surface area contributed by atoms with E-state index in [4.69, 9.17) is 9.47 Å². The summed E-state index contributed by atoms with van der Waals surface area (Å²) in [4.78, 5) is 10.9. The standard InChI is InChI=1S/C16H21N5O4/c1-3-4-5-6-7-25-16-14(21(22)23)8-13(9-15(16)24-2)10-19-20-11-17-18-12-20/h8-12H,3-7H2,1-2H3/b19-10-. The Hall–Kier alpha value is -2.97. The Bertz CT molecular complexity index is 716. The minimum Gasteiger partial charge on any atom is -0.493 e. The molecule has 0 fully saturated rings. The largest absolute Gasteiger partial charge is 0.493 e. The number of benzene rings is 1. The van der Waals surface area contributed by atoms with Crippen LogP contribution in [0.15, 0.2) is 29.9 Å². The number of hydrogen-bond donors (Lipinski definition) is 0. The van der Waals surface area contributed by atoms with E-state index in [1.807, 2.05) is 0 Å². The number of nitrogens with zero attached hydrogens (tertiary/aromatic N) is 5. The molecule has 0 N–H and O–H groups in total. The topological polar surface area (TPSA) is 105 Å². The van der Waals surface area contributed by atoms with E-state index < -0.39 is 4.92 Å². The van der Waals surface area contributed by atoms with E-state index >= 15 is 0 Å². The lowest BCUT2D eigenvalue weighted by Crippen LogP contribution is -2.04. The molecule has 2 rings (SSSR count). The molecule has 2 aromatic rings. The van der Waals surface area contributed by atoms with Crippen molar-refractivity contribution in [3.8, 4) is 11.5 Å². The molecular formula is C16H21N5O4. The number of unbranched alkanes of at least 4 members (excludes halogenated alkanes) is 3. The molecule has 1 heterocycles. The van der Waals surface area contributed by atoms with Crippen LogP contribution >= 0.6 is 0 Å². The summed E-state index contributed by atoms with van der Waals surface area (Å²) in [6, 6.07) is 3.04. The first-order valence-electron chi connectivity index (χ1n) is 8.04. The molecule has 1 aromatic carbocycles. The number of rotatable bonds is 10. The molecule has 134 valence electrons. The Labute approximate surface area is 145 Å². The summed E-state index contributed by atoms with van der Waals surface area (Å²) in [5.74, 6) is 0.445. The second kappa shape index (κ2) is 9.36. The van der Waals surface area contributed by atoms with E-state index in [0.29, 0.717) is 17.9 Å². The van der Waals surface area contributed by atoms with Gasteiger partial charge in [0.2, 0.25) is 5.75 Å². The van der Waals surface area contributed by atoms with Gasteiger partial charge in [0.15, 0.2) is 5.75 Å². The molecule has 0 aliphatic rings. The number of aromatic nitrogens is 3. The van der Waals surface area contributed by atoms with Gasteiger partial charge in [-0.3, -0.25) is 10.1 Å². The van der Waals surface area contributed by atoms with Gasteiger partial charge in [-0.1, -0.05) is 26.2 Å². The van der Waals surface area contributed by atoms with Crippen molar-refractivity contribution in [2.45, 2.75) is 32.6 Å². The monoisotopic (exact) mass is 347 g/mol. The average molecular weight is 347 g/mol. The second-order valence-corrected chi connectivity index (χ2v) is 5.32. The highest BCUT2D eigenvalue weighted by Gasteiger charge is 2.22. The molecule has 25 heavy (non-hydrogen) atoms. The number of methoxy groups -OCH3 is 1. The van der Waals surface area contributed by atoms with Crippen LogP contribution in [0.2, 0.25) is 0 Å². The van der Waals surface area contributed by atoms with Crippen LogP contribution in [0.5, 0.6) is 11.5 Å². The van der Waals surface area contributed by atoms with Gasteiger partial charge in [0.05, 0.1) is 24.9 Å². The summed E-state index contributed by atoms with van der Waals surface area (Å²) in [7, 11) is 1.45. The normalized spacial score (nSPS) is 11.0. The fourth-order valence-electron chi connectivity index (χ4n) is 2.21. The fraction of sp³-hybridized carbons (Fsp3) is 0.438. The van der Waals surface area contributed by atoms with Crippen molar-refractivity contribution >= 4 is 11.9 Å². The van der Waals surface area contributed by atoms with Crippen LogP contribution in [0.1, 0.15) is 38.2 Å². The van der Waals surface area contributed by atoms with E-state index in [1.165, 1.54) is 36.7 Å². The highest BCUT2D eigenvalue weighted by atomic mass is 16.6. The average Bonchev–Trinajstić information content (AvgIpc) is 3.13. The first-order valence-corrected chi connectivity index (χ1v) is 8.04. The third kappa shape index (κ3) is 5.27. The molecule has 0 saturated heterocycles. The third-order valence-corrected chi connectivity index (χ3v) is 3.47. The summed E-state index contributed by atoms with van der Waals surface area (Å²) in [6.07, 6.45) is 8.38. The number of nitro groups is 1. The Morgan fingerprint density at radius 1 is 1.28 bits per heavy atom. The van der Waals surface area contributed by atoms with E-state index in [1.54, 1.807) is 6.07 Å². The second-order valence-electron chi connectivity index (χ2n) is 5.32. The summed E-state index contributed by atoms with van der Waals surface area (Å²) < 4.78 is 12.3. The number of ether oxygens (including phenoxy) is 2. The summed E-state index contributed by atoms with van der Waals surface area (Å²) in [5.41, 5.74) is 0.357. The Morgan fingerprint density at radius 3 is 2.68 bits per heavy atom. The molecule has 9 nitrogen and oxygen atoms in total. The van der Waals surface area contributed by atoms with Crippen molar-refractivity contribution in [1.29, 1.82) is 0 Å². The molecule has 0 amide bonds. The van der Waals surface area contributed by atoms with Crippen molar-refractivity contribution in [2.24, 2.45) is 5.10 Å². The smallest absolute Gasteiger partial charge is 0.315 e. The molecule has 0 aliphatic heterocycles. The van der Waals surface area contributed by atoms with Crippen LogP contribution < -0.4 is 9.47 Å². The Kier molecular flexibility index (Phi) is 6.87. The molecule has 0 spiro atoms. The molecule has 0 aliphatic carbocycles. The van der Waals surface area contributed by atoms with Gasteiger partial charge >= 0.3 is 5.69 Å². The van der Waals surface area contributed by atoms with Gasteiger partial charge in [-0.05, 0) is 12.5 Å². The lowest BCUT2D eigenvalue weighted by Gasteiger charge is -2.11. The Morgan fingerprint density at radius 2 is 2.04 bits per heavy atom. The SMILES string of the molecule is CCCCCCOc1c(OC)cc(/C=N\n2cnnc2)cc1[N+](=O)[O-]. The number of nitro benzene ring substituents is 1. The molecule has 0 unspecified atom stereocenters.